The molecule has 1 rings (SSSR count). The summed E-state index contributed by atoms with van der Waals surface area (Å²) in [5, 5.41) is 0. The van der Waals surface area contributed by atoms with Gasteiger partial charge in [-0.25, -0.2) is 0 Å². The maximum atomic E-state index is 5.56. The van der Waals surface area contributed by atoms with E-state index in [9.17, 15) is 0 Å². The molecule has 1 aromatic rings. The molecular formula is C12H21N3O. The van der Waals surface area contributed by atoms with E-state index in [1.54, 1.807) is 13.3 Å². The van der Waals surface area contributed by atoms with Crippen LogP contribution in [-0.2, 0) is 11.2 Å². The van der Waals surface area contributed by atoms with Crippen molar-refractivity contribution in [3.8, 4) is 0 Å². The van der Waals surface area contributed by atoms with Gasteiger partial charge < -0.3 is 4.74 Å². The average molecular weight is 223 g/mol. The molecule has 0 radical (unpaired) electrons. The first-order valence-electron chi connectivity index (χ1n) is 5.47. The number of nitrogens with zero attached hydrogens (tertiary/aromatic N) is 1. The van der Waals surface area contributed by atoms with E-state index in [2.05, 4.69) is 30.3 Å². The van der Waals surface area contributed by atoms with Crippen molar-refractivity contribution in [2.24, 2.45) is 5.84 Å². The molecule has 4 heteroatoms. The van der Waals surface area contributed by atoms with E-state index in [1.807, 2.05) is 12.3 Å². The lowest BCUT2D eigenvalue weighted by Gasteiger charge is -2.28. The van der Waals surface area contributed by atoms with Gasteiger partial charge in [-0.15, -0.1) is 0 Å². The van der Waals surface area contributed by atoms with Crippen LogP contribution in [0.25, 0.3) is 0 Å². The maximum Gasteiger partial charge on any atom is 0.0638 e. The number of rotatable bonds is 6. The monoisotopic (exact) mass is 223 g/mol. The number of ether oxygens (including phenoxy) is 1. The predicted molar refractivity (Wildman–Crippen MR) is 64.8 cm³/mol. The number of nitrogens with two attached hydrogens (primary N) is 1. The highest BCUT2D eigenvalue weighted by atomic mass is 16.5. The molecule has 1 unspecified atom stereocenters. The van der Waals surface area contributed by atoms with Gasteiger partial charge in [0.15, 0.2) is 0 Å². The lowest BCUT2D eigenvalue weighted by Crippen LogP contribution is -2.42. The summed E-state index contributed by atoms with van der Waals surface area (Å²) in [5.74, 6) is 5.56. The summed E-state index contributed by atoms with van der Waals surface area (Å²) in [7, 11) is 1.72. The van der Waals surface area contributed by atoms with Crippen LogP contribution in [0, 0.1) is 0 Å². The number of hydrazine groups is 1. The SMILES string of the molecule is COC(C)(C)CC(Cc1cccnc1)NN. The van der Waals surface area contributed by atoms with Crippen LogP contribution in [0.15, 0.2) is 24.5 Å². The number of hydrogen-bond donors (Lipinski definition) is 2. The molecule has 0 amide bonds. The molecule has 4 nitrogen and oxygen atoms in total. The first-order valence-corrected chi connectivity index (χ1v) is 5.47. The van der Waals surface area contributed by atoms with Gasteiger partial charge in [-0.1, -0.05) is 6.07 Å². The zero-order chi connectivity index (χ0) is 12.0. The van der Waals surface area contributed by atoms with Crippen LogP contribution < -0.4 is 11.3 Å². The van der Waals surface area contributed by atoms with Gasteiger partial charge >= 0.3 is 0 Å². The van der Waals surface area contributed by atoms with Crippen molar-refractivity contribution in [2.75, 3.05) is 7.11 Å². The maximum absolute atomic E-state index is 5.56. The molecule has 1 aromatic heterocycles. The Bertz CT molecular complexity index is 300. The number of methoxy groups -OCH3 is 1. The third kappa shape index (κ3) is 4.26. The zero-order valence-electron chi connectivity index (χ0n) is 10.2. The topological polar surface area (TPSA) is 60.2 Å². The Hall–Kier alpha value is -0.970. The first kappa shape index (κ1) is 13.1. The van der Waals surface area contributed by atoms with Gasteiger partial charge in [-0.05, 0) is 38.3 Å². The lowest BCUT2D eigenvalue weighted by atomic mass is 9.95. The molecular weight excluding hydrogens is 202 g/mol. The van der Waals surface area contributed by atoms with E-state index in [0.717, 1.165) is 12.8 Å². The molecule has 16 heavy (non-hydrogen) atoms. The normalized spacial score (nSPS) is 13.8. The quantitative estimate of drug-likeness (QED) is 0.563. The van der Waals surface area contributed by atoms with Gasteiger partial charge in [0.25, 0.3) is 0 Å². The van der Waals surface area contributed by atoms with Gasteiger partial charge in [0.1, 0.15) is 0 Å². The van der Waals surface area contributed by atoms with Crippen molar-refractivity contribution >= 4 is 0 Å². The number of aromatic nitrogens is 1. The highest BCUT2D eigenvalue weighted by Gasteiger charge is 2.22. The summed E-state index contributed by atoms with van der Waals surface area (Å²) in [6.07, 6.45) is 5.35. The lowest BCUT2D eigenvalue weighted by molar-refractivity contribution is 0.00710. The fourth-order valence-electron chi connectivity index (χ4n) is 1.67. The Morgan fingerprint density at radius 3 is 2.81 bits per heavy atom. The minimum Gasteiger partial charge on any atom is -0.379 e. The molecule has 1 heterocycles. The molecule has 0 spiro atoms. The Kier molecular flexibility index (Phi) is 4.86. The van der Waals surface area contributed by atoms with Crippen molar-refractivity contribution in [3.05, 3.63) is 30.1 Å². The summed E-state index contributed by atoms with van der Waals surface area (Å²) in [6.45, 7) is 4.11. The molecule has 0 aromatic carbocycles. The molecule has 0 aliphatic heterocycles. The van der Waals surface area contributed by atoms with Crippen LogP contribution >= 0.6 is 0 Å². The molecule has 0 saturated heterocycles. The Balaban J connectivity index is 2.56. The highest BCUT2D eigenvalue weighted by molar-refractivity contribution is 5.10. The number of hydrogen-bond acceptors (Lipinski definition) is 4. The van der Waals surface area contributed by atoms with E-state index in [-0.39, 0.29) is 11.6 Å². The summed E-state index contributed by atoms with van der Waals surface area (Å²) in [6, 6.07) is 4.18. The van der Waals surface area contributed by atoms with Gasteiger partial charge in [0.05, 0.1) is 5.60 Å². The second-order valence-electron chi connectivity index (χ2n) is 4.60. The standard InChI is InChI=1S/C12H21N3O/c1-12(2,16-3)8-11(15-13)7-10-5-4-6-14-9-10/h4-6,9,11,15H,7-8,13H2,1-3H3. The van der Waals surface area contributed by atoms with E-state index in [4.69, 9.17) is 10.6 Å². The van der Waals surface area contributed by atoms with Gasteiger partial charge in [-0.3, -0.25) is 16.3 Å². The van der Waals surface area contributed by atoms with E-state index in [1.165, 1.54) is 5.56 Å². The van der Waals surface area contributed by atoms with Gasteiger partial charge in [0.2, 0.25) is 0 Å². The summed E-state index contributed by atoms with van der Waals surface area (Å²) in [4.78, 5) is 4.09. The van der Waals surface area contributed by atoms with Crippen LogP contribution in [0.3, 0.4) is 0 Å². The van der Waals surface area contributed by atoms with E-state index < -0.39 is 0 Å². The highest BCUT2D eigenvalue weighted by Crippen LogP contribution is 2.17. The molecule has 0 aliphatic rings. The van der Waals surface area contributed by atoms with Crippen molar-refractivity contribution in [2.45, 2.75) is 38.3 Å². The summed E-state index contributed by atoms with van der Waals surface area (Å²) >= 11 is 0. The van der Waals surface area contributed by atoms with Gasteiger partial charge in [-0.2, -0.15) is 0 Å². The largest absolute Gasteiger partial charge is 0.379 e. The Morgan fingerprint density at radius 1 is 1.56 bits per heavy atom. The summed E-state index contributed by atoms with van der Waals surface area (Å²) < 4.78 is 5.40. The molecule has 0 aliphatic carbocycles. The minimum atomic E-state index is -0.167. The molecule has 3 N–H and O–H groups in total. The Labute approximate surface area is 97.2 Å². The second-order valence-corrected chi connectivity index (χ2v) is 4.60. The smallest absolute Gasteiger partial charge is 0.0638 e. The minimum absolute atomic E-state index is 0.167. The number of nitrogens with one attached hydrogen (secondary N) is 1. The van der Waals surface area contributed by atoms with Crippen LogP contribution in [0.4, 0.5) is 0 Å². The zero-order valence-corrected chi connectivity index (χ0v) is 10.2. The fourth-order valence-corrected chi connectivity index (χ4v) is 1.67. The van der Waals surface area contributed by atoms with Crippen LogP contribution in [0.1, 0.15) is 25.8 Å². The second kappa shape index (κ2) is 5.94. The molecule has 1 atom stereocenters. The predicted octanol–water partition coefficient (Wildman–Crippen LogP) is 1.27. The van der Waals surface area contributed by atoms with Crippen LogP contribution in [0.2, 0.25) is 0 Å². The van der Waals surface area contributed by atoms with Crippen molar-refractivity contribution in [1.82, 2.24) is 10.4 Å². The van der Waals surface area contributed by atoms with E-state index >= 15 is 0 Å². The molecule has 90 valence electrons. The van der Waals surface area contributed by atoms with Crippen molar-refractivity contribution in [3.63, 3.8) is 0 Å². The Morgan fingerprint density at radius 2 is 2.31 bits per heavy atom. The summed E-state index contributed by atoms with van der Waals surface area (Å²) in [5.41, 5.74) is 3.84. The van der Waals surface area contributed by atoms with Crippen LogP contribution in [0.5, 0.6) is 0 Å². The van der Waals surface area contributed by atoms with Crippen molar-refractivity contribution in [1.29, 1.82) is 0 Å². The fraction of sp³-hybridized carbons (Fsp3) is 0.583. The third-order valence-corrected chi connectivity index (χ3v) is 2.73. The molecule has 0 bridgehead atoms. The molecule has 0 fully saturated rings. The van der Waals surface area contributed by atoms with Crippen LogP contribution in [-0.4, -0.2) is 23.7 Å². The first-order chi connectivity index (χ1) is 7.57. The van der Waals surface area contributed by atoms with Gasteiger partial charge in [0, 0.05) is 25.5 Å². The third-order valence-electron chi connectivity index (χ3n) is 2.73. The van der Waals surface area contributed by atoms with Crippen molar-refractivity contribution < 1.29 is 4.74 Å². The number of pyridine rings is 1. The molecule has 0 saturated carbocycles. The van der Waals surface area contributed by atoms with E-state index in [0.29, 0.717) is 0 Å². The average Bonchev–Trinajstić information content (AvgIpc) is 2.29.